The lowest BCUT2D eigenvalue weighted by Crippen LogP contribution is -2.10. The third kappa shape index (κ3) is 3.39. The topological polar surface area (TPSA) is 37.3 Å². The van der Waals surface area contributed by atoms with Gasteiger partial charge in [-0.05, 0) is 37.8 Å². The Balaban J connectivity index is 2.65. The van der Waals surface area contributed by atoms with Gasteiger partial charge in [0.2, 0.25) is 0 Å². The Hall–Kier alpha value is -1.31. The van der Waals surface area contributed by atoms with Crippen molar-refractivity contribution in [3.05, 3.63) is 34.9 Å². The number of carboxylic acid groups (broad SMARTS) is 1. The third-order valence-electron chi connectivity index (χ3n) is 2.77. The van der Waals surface area contributed by atoms with E-state index in [2.05, 4.69) is 32.0 Å². The fraction of sp³-hybridized carbons (Fsp3) is 0.462. The van der Waals surface area contributed by atoms with Gasteiger partial charge in [-0.2, -0.15) is 0 Å². The molecule has 0 bridgehead atoms. The molecule has 0 aromatic heterocycles. The lowest BCUT2D eigenvalue weighted by atomic mass is 9.97. The van der Waals surface area contributed by atoms with Crippen LogP contribution >= 0.6 is 0 Å². The first kappa shape index (κ1) is 11.8. The van der Waals surface area contributed by atoms with Crippen molar-refractivity contribution in [3.8, 4) is 0 Å². The maximum Gasteiger partial charge on any atom is 0.306 e. The highest BCUT2D eigenvalue weighted by molar-refractivity contribution is 5.69. The van der Waals surface area contributed by atoms with Crippen LogP contribution in [0.2, 0.25) is 0 Å². The Labute approximate surface area is 90.9 Å². The van der Waals surface area contributed by atoms with Gasteiger partial charge in [0.15, 0.2) is 0 Å². The largest absolute Gasteiger partial charge is 0.481 e. The molecule has 82 valence electrons. The summed E-state index contributed by atoms with van der Waals surface area (Å²) in [4.78, 5) is 10.7. The van der Waals surface area contributed by atoms with Crippen molar-refractivity contribution in [3.63, 3.8) is 0 Å². The molecule has 0 spiro atoms. The second-order valence-electron chi connectivity index (χ2n) is 4.21. The SMILES string of the molecule is Cc1ccc(C)c(CC[C@H](C)C(=O)O)c1. The molecule has 0 aliphatic heterocycles. The quantitative estimate of drug-likeness (QED) is 0.822. The van der Waals surface area contributed by atoms with Gasteiger partial charge >= 0.3 is 5.97 Å². The predicted octanol–water partition coefficient (Wildman–Crippen LogP) is 2.96. The first-order chi connectivity index (χ1) is 7.00. The van der Waals surface area contributed by atoms with Crippen LogP contribution in [0.1, 0.15) is 30.0 Å². The molecule has 0 aliphatic carbocycles. The lowest BCUT2D eigenvalue weighted by Gasteiger charge is -2.09. The smallest absolute Gasteiger partial charge is 0.306 e. The van der Waals surface area contributed by atoms with Gasteiger partial charge in [-0.3, -0.25) is 4.79 Å². The molecule has 0 unspecified atom stereocenters. The fourth-order valence-electron chi connectivity index (χ4n) is 1.57. The summed E-state index contributed by atoms with van der Waals surface area (Å²) in [5.74, 6) is -0.967. The van der Waals surface area contributed by atoms with Crippen molar-refractivity contribution >= 4 is 5.97 Å². The first-order valence-electron chi connectivity index (χ1n) is 5.29. The van der Waals surface area contributed by atoms with E-state index in [0.717, 1.165) is 6.42 Å². The van der Waals surface area contributed by atoms with Crippen LogP contribution in [-0.2, 0) is 11.2 Å². The predicted molar refractivity (Wildman–Crippen MR) is 61.0 cm³/mol. The molecule has 1 atom stereocenters. The van der Waals surface area contributed by atoms with E-state index in [1.54, 1.807) is 6.92 Å². The molecule has 1 aromatic carbocycles. The number of aliphatic carboxylic acids is 1. The van der Waals surface area contributed by atoms with Crippen LogP contribution in [0.3, 0.4) is 0 Å². The van der Waals surface area contributed by atoms with E-state index in [0.29, 0.717) is 6.42 Å². The highest BCUT2D eigenvalue weighted by Gasteiger charge is 2.11. The second-order valence-corrected chi connectivity index (χ2v) is 4.21. The maximum absolute atomic E-state index is 10.7. The number of hydrogen-bond acceptors (Lipinski definition) is 1. The Morgan fingerprint density at radius 3 is 2.67 bits per heavy atom. The molecule has 1 N–H and O–H groups in total. The van der Waals surface area contributed by atoms with Crippen molar-refractivity contribution < 1.29 is 9.90 Å². The zero-order chi connectivity index (χ0) is 11.4. The number of hydrogen-bond donors (Lipinski definition) is 1. The molecule has 1 rings (SSSR count). The Morgan fingerprint density at radius 2 is 2.07 bits per heavy atom. The van der Waals surface area contributed by atoms with Crippen molar-refractivity contribution in [1.29, 1.82) is 0 Å². The molecule has 0 saturated heterocycles. The van der Waals surface area contributed by atoms with E-state index in [-0.39, 0.29) is 5.92 Å². The van der Waals surface area contributed by atoms with E-state index in [1.807, 2.05) is 0 Å². The van der Waals surface area contributed by atoms with E-state index in [1.165, 1.54) is 16.7 Å². The number of aryl methyl sites for hydroxylation is 3. The zero-order valence-corrected chi connectivity index (χ0v) is 9.58. The molecule has 0 saturated carbocycles. The van der Waals surface area contributed by atoms with E-state index >= 15 is 0 Å². The standard InChI is InChI=1S/C13H18O2/c1-9-4-5-10(2)12(8-9)7-6-11(3)13(14)15/h4-5,8,11H,6-7H2,1-3H3,(H,14,15)/t11-/m0/s1. The average molecular weight is 206 g/mol. The summed E-state index contributed by atoms with van der Waals surface area (Å²) < 4.78 is 0. The van der Waals surface area contributed by atoms with Gasteiger partial charge in [-0.15, -0.1) is 0 Å². The lowest BCUT2D eigenvalue weighted by molar-refractivity contribution is -0.141. The minimum atomic E-state index is -0.708. The minimum absolute atomic E-state index is 0.259. The highest BCUT2D eigenvalue weighted by Crippen LogP contribution is 2.15. The molecule has 2 heteroatoms. The van der Waals surface area contributed by atoms with Crippen molar-refractivity contribution in [1.82, 2.24) is 0 Å². The highest BCUT2D eigenvalue weighted by atomic mass is 16.4. The monoisotopic (exact) mass is 206 g/mol. The summed E-state index contributed by atoms with van der Waals surface area (Å²) >= 11 is 0. The van der Waals surface area contributed by atoms with Gasteiger partial charge in [0.25, 0.3) is 0 Å². The van der Waals surface area contributed by atoms with Crippen LogP contribution in [0, 0.1) is 19.8 Å². The van der Waals surface area contributed by atoms with Gasteiger partial charge in [0, 0.05) is 0 Å². The number of carbonyl (C=O) groups is 1. The third-order valence-corrected chi connectivity index (χ3v) is 2.77. The van der Waals surface area contributed by atoms with Crippen molar-refractivity contribution in [2.24, 2.45) is 5.92 Å². The summed E-state index contributed by atoms with van der Waals surface area (Å²) in [6.45, 7) is 5.89. The van der Waals surface area contributed by atoms with Gasteiger partial charge in [0.1, 0.15) is 0 Å². The molecular formula is C13H18O2. The number of benzene rings is 1. The van der Waals surface area contributed by atoms with Crippen molar-refractivity contribution in [2.75, 3.05) is 0 Å². The summed E-state index contributed by atoms with van der Waals surface area (Å²) in [6.07, 6.45) is 1.56. The summed E-state index contributed by atoms with van der Waals surface area (Å²) in [5.41, 5.74) is 3.75. The first-order valence-corrected chi connectivity index (χ1v) is 5.29. The normalized spacial score (nSPS) is 12.5. The van der Waals surface area contributed by atoms with Crippen LogP contribution in [0.15, 0.2) is 18.2 Å². The van der Waals surface area contributed by atoms with E-state index < -0.39 is 5.97 Å². The van der Waals surface area contributed by atoms with Gasteiger partial charge in [-0.1, -0.05) is 30.7 Å². The summed E-state index contributed by atoms with van der Waals surface area (Å²) in [7, 11) is 0. The summed E-state index contributed by atoms with van der Waals surface area (Å²) in [6, 6.07) is 6.32. The Morgan fingerprint density at radius 1 is 1.40 bits per heavy atom. The van der Waals surface area contributed by atoms with Gasteiger partial charge in [0.05, 0.1) is 5.92 Å². The molecule has 0 heterocycles. The molecule has 0 radical (unpaired) electrons. The van der Waals surface area contributed by atoms with E-state index in [4.69, 9.17) is 5.11 Å². The Kier molecular flexibility index (Phi) is 3.89. The molecule has 0 amide bonds. The van der Waals surface area contributed by atoms with Gasteiger partial charge < -0.3 is 5.11 Å². The minimum Gasteiger partial charge on any atom is -0.481 e. The van der Waals surface area contributed by atoms with Crippen LogP contribution in [0.4, 0.5) is 0 Å². The molecule has 1 aromatic rings. The molecule has 0 fully saturated rings. The second kappa shape index (κ2) is 4.96. The summed E-state index contributed by atoms with van der Waals surface area (Å²) in [5, 5.41) is 8.78. The fourth-order valence-corrected chi connectivity index (χ4v) is 1.57. The molecular weight excluding hydrogens is 188 g/mol. The Bertz CT molecular complexity index is 356. The number of rotatable bonds is 4. The van der Waals surface area contributed by atoms with Crippen LogP contribution in [0.5, 0.6) is 0 Å². The molecule has 2 nitrogen and oxygen atoms in total. The van der Waals surface area contributed by atoms with Gasteiger partial charge in [-0.25, -0.2) is 0 Å². The average Bonchev–Trinajstić information content (AvgIpc) is 2.18. The molecule has 15 heavy (non-hydrogen) atoms. The number of carboxylic acids is 1. The van der Waals surface area contributed by atoms with Crippen LogP contribution in [0.25, 0.3) is 0 Å². The molecule has 0 aliphatic rings. The van der Waals surface area contributed by atoms with Crippen molar-refractivity contribution in [2.45, 2.75) is 33.6 Å². The zero-order valence-electron chi connectivity index (χ0n) is 9.58. The van der Waals surface area contributed by atoms with Crippen LogP contribution in [-0.4, -0.2) is 11.1 Å². The van der Waals surface area contributed by atoms with Crippen LogP contribution < -0.4 is 0 Å². The van der Waals surface area contributed by atoms with E-state index in [9.17, 15) is 4.79 Å². The maximum atomic E-state index is 10.7.